The van der Waals surface area contributed by atoms with E-state index < -0.39 is 0 Å². The highest BCUT2D eigenvalue weighted by molar-refractivity contribution is 8.26. The summed E-state index contributed by atoms with van der Waals surface area (Å²) in [5, 5.41) is 3.39. The number of nitrogens with one attached hydrogen (secondary N) is 1. The third-order valence-electron chi connectivity index (χ3n) is 3.57. The van der Waals surface area contributed by atoms with E-state index >= 15 is 0 Å². The van der Waals surface area contributed by atoms with Crippen molar-refractivity contribution in [3.8, 4) is 17.1 Å². The summed E-state index contributed by atoms with van der Waals surface area (Å²) in [4.78, 5) is 24.9. The highest BCUT2D eigenvalue weighted by Gasteiger charge is 2.23. The van der Waals surface area contributed by atoms with Crippen LogP contribution >= 0.6 is 24.0 Å². The lowest BCUT2D eigenvalue weighted by atomic mass is 10.1. The summed E-state index contributed by atoms with van der Waals surface area (Å²) in [6, 6.07) is 2.14. The average molecular weight is 384 g/mol. The zero-order valence-corrected chi connectivity index (χ0v) is 15.2. The Morgan fingerprint density at radius 1 is 1.31 bits per heavy atom. The molecule has 0 spiro atoms. The van der Waals surface area contributed by atoms with Crippen LogP contribution in [0.2, 0.25) is 0 Å². The number of aromatic nitrogens is 3. The van der Waals surface area contributed by atoms with E-state index in [1.807, 2.05) is 13.0 Å². The van der Waals surface area contributed by atoms with E-state index in [2.05, 4.69) is 20.3 Å². The molecule has 130 valence electrons. The van der Waals surface area contributed by atoms with Gasteiger partial charge in [0.05, 0.1) is 11.5 Å². The Morgan fingerprint density at radius 3 is 2.81 bits per heavy atom. The Bertz CT molecular complexity index is 1040. The zero-order valence-electron chi connectivity index (χ0n) is 13.6. The van der Waals surface area contributed by atoms with Crippen molar-refractivity contribution in [2.75, 3.05) is 6.61 Å². The first-order chi connectivity index (χ1) is 12.6. The van der Waals surface area contributed by atoms with Crippen LogP contribution in [0.25, 0.3) is 28.2 Å². The second-order valence-corrected chi connectivity index (χ2v) is 7.01. The molecule has 0 unspecified atom stereocenters. The summed E-state index contributed by atoms with van der Waals surface area (Å²) in [6.45, 7) is 2.37. The quantitative estimate of drug-likeness (QED) is 0.542. The molecule has 1 N–H and O–H groups in total. The number of ether oxygens (including phenoxy) is 1. The molecular formula is C17H12N4O3S2. The molecule has 0 aliphatic carbocycles. The molecular weight excluding hydrogens is 372 g/mol. The summed E-state index contributed by atoms with van der Waals surface area (Å²) in [6.07, 6.45) is 8.37. The first-order valence-electron chi connectivity index (χ1n) is 7.71. The van der Waals surface area contributed by atoms with Crippen LogP contribution < -0.4 is 10.1 Å². The monoisotopic (exact) mass is 384 g/mol. The number of pyridine rings is 1. The summed E-state index contributed by atoms with van der Waals surface area (Å²) < 4.78 is 11.6. The van der Waals surface area contributed by atoms with Crippen molar-refractivity contribution in [3.05, 3.63) is 41.5 Å². The Labute approximate surface area is 157 Å². The summed E-state index contributed by atoms with van der Waals surface area (Å²) in [7, 11) is 0. The molecule has 1 amide bonds. The van der Waals surface area contributed by atoms with Crippen LogP contribution in [0.4, 0.5) is 0 Å². The number of furan rings is 1. The minimum atomic E-state index is -0.223. The van der Waals surface area contributed by atoms with Crippen LogP contribution in [0.15, 0.2) is 40.2 Å². The summed E-state index contributed by atoms with van der Waals surface area (Å²) in [5.74, 6) is 0.321. The lowest BCUT2D eigenvalue weighted by Gasteiger charge is -2.03. The van der Waals surface area contributed by atoms with Gasteiger partial charge in [0, 0.05) is 47.4 Å². The maximum absolute atomic E-state index is 11.8. The normalized spacial score (nSPS) is 15.7. The number of rotatable bonds is 4. The molecule has 7 nitrogen and oxygen atoms in total. The Kier molecular flexibility index (Phi) is 4.39. The number of carbonyl (C=O) groups is 1. The summed E-state index contributed by atoms with van der Waals surface area (Å²) in [5.41, 5.74) is 2.16. The number of amides is 1. The fraction of sp³-hybridized carbons (Fsp3) is 0.118. The molecule has 0 atom stereocenters. The molecule has 1 aliphatic rings. The number of thiocarbonyl (C=S) groups is 1. The van der Waals surface area contributed by atoms with Gasteiger partial charge in [-0.2, -0.15) is 0 Å². The smallest absolute Gasteiger partial charge is 0.316 e. The Morgan fingerprint density at radius 2 is 2.12 bits per heavy atom. The van der Waals surface area contributed by atoms with Gasteiger partial charge in [0.25, 0.3) is 5.91 Å². The van der Waals surface area contributed by atoms with Crippen LogP contribution in [-0.4, -0.2) is 31.8 Å². The van der Waals surface area contributed by atoms with E-state index in [-0.39, 0.29) is 5.91 Å². The molecule has 4 heterocycles. The average Bonchev–Trinajstić information content (AvgIpc) is 3.18. The van der Waals surface area contributed by atoms with Gasteiger partial charge in [-0.05, 0) is 13.0 Å². The van der Waals surface area contributed by atoms with Gasteiger partial charge in [0.1, 0.15) is 15.7 Å². The first-order valence-corrected chi connectivity index (χ1v) is 8.94. The Hall–Kier alpha value is -2.78. The standard InChI is InChI=1S/C17H12N4O3S2/c1-2-23-16-19-6-10(7-20-16)12-8-18-5-9-3-11(24-14(9)12)4-13-15(22)21-17(25)26-13/h3-8H,2H2,1H3,(H,21,22,25). The van der Waals surface area contributed by atoms with Gasteiger partial charge in [0.15, 0.2) is 0 Å². The minimum Gasteiger partial charge on any atom is -0.464 e. The van der Waals surface area contributed by atoms with Gasteiger partial charge in [0.2, 0.25) is 0 Å². The van der Waals surface area contributed by atoms with Gasteiger partial charge in [-0.15, -0.1) is 0 Å². The van der Waals surface area contributed by atoms with Gasteiger partial charge in [-0.1, -0.05) is 24.0 Å². The van der Waals surface area contributed by atoms with Gasteiger partial charge in [-0.3, -0.25) is 9.78 Å². The SMILES string of the molecule is CCOc1ncc(-c2cncc3cc(C=C4SC(=S)NC4=O)oc23)cn1. The van der Waals surface area contributed by atoms with Crippen LogP contribution in [0.5, 0.6) is 6.01 Å². The second-order valence-electron chi connectivity index (χ2n) is 5.29. The molecule has 1 fully saturated rings. The molecule has 0 aromatic carbocycles. The van der Waals surface area contributed by atoms with Gasteiger partial charge in [-0.25, -0.2) is 9.97 Å². The van der Waals surface area contributed by atoms with Crippen molar-refractivity contribution in [1.82, 2.24) is 20.3 Å². The molecule has 3 aromatic rings. The lowest BCUT2D eigenvalue weighted by molar-refractivity contribution is -0.115. The number of hydrogen-bond acceptors (Lipinski definition) is 8. The minimum absolute atomic E-state index is 0.223. The predicted octanol–water partition coefficient (Wildman–Crippen LogP) is 3.17. The van der Waals surface area contributed by atoms with E-state index in [1.165, 1.54) is 11.8 Å². The third kappa shape index (κ3) is 3.18. The molecule has 0 bridgehead atoms. The van der Waals surface area contributed by atoms with Crippen molar-refractivity contribution in [2.24, 2.45) is 0 Å². The number of nitrogens with zero attached hydrogens (tertiary/aromatic N) is 3. The maximum Gasteiger partial charge on any atom is 0.316 e. The summed E-state index contributed by atoms with van der Waals surface area (Å²) >= 11 is 6.20. The lowest BCUT2D eigenvalue weighted by Crippen LogP contribution is -2.17. The van der Waals surface area contributed by atoms with E-state index in [4.69, 9.17) is 21.4 Å². The van der Waals surface area contributed by atoms with E-state index in [9.17, 15) is 4.79 Å². The highest BCUT2D eigenvalue weighted by Crippen LogP contribution is 2.32. The molecule has 0 radical (unpaired) electrons. The van der Waals surface area contributed by atoms with Crippen LogP contribution in [0.1, 0.15) is 12.7 Å². The van der Waals surface area contributed by atoms with E-state index in [1.54, 1.807) is 30.9 Å². The van der Waals surface area contributed by atoms with Crippen molar-refractivity contribution >= 4 is 51.3 Å². The fourth-order valence-corrected chi connectivity index (χ4v) is 3.49. The zero-order chi connectivity index (χ0) is 18.1. The van der Waals surface area contributed by atoms with Crippen LogP contribution in [0, 0.1) is 0 Å². The second kappa shape index (κ2) is 6.85. The molecule has 1 saturated heterocycles. The molecule has 3 aromatic heterocycles. The third-order valence-corrected chi connectivity index (χ3v) is 4.73. The molecule has 9 heteroatoms. The maximum atomic E-state index is 11.8. The number of carbonyl (C=O) groups excluding carboxylic acids is 1. The van der Waals surface area contributed by atoms with Crippen molar-refractivity contribution in [1.29, 1.82) is 0 Å². The molecule has 26 heavy (non-hydrogen) atoms. The first kappa shape index (κ1) is 16.7. The largest absolute Gasteiger partial charge is 0.464 e. The van der Waals surface area contributed by atoms with Crippen molar-refractivity contribution in [2.45, 2.75) is 6.92 Å². The van der Waals surface area contributed by atoms with Crippen LogP contribution in [0.3, 0.4) is 0 Å². The molecule has 0 saturated carbocycles. The number of fused-ring (bicyclic) bond motifs is 1. The van der Waals surface area contributed by atoms with E-state index in [0.717, 1.165) is 16.5 Å². The Balaban J connectivity index is 1.73. The predicted molar refractivity (Wildman–Crippen MR) is 103 cm³/mol. The number of thioether (sulfide) groups is 1. The van der Waals surface area contributed by atoms with Gasteiger partial charge < -0.3 is 14.5 Å². The fourth-order valence-electron chi connectivity index (χ4n) is 2.47. The van der Waals surface area contributed by atoms with Gasteiger partial charge >= 0.3 is 6.01 Å². The molecule has 4 rings (SSSR count). The van der Waals surface area contributed by atoms with E-state index in [0.29, 0.717) is 33.2 Å². The van der Waals surface area contributed by atoms with Crippen molar-refractivity contribution in [3.63, 3.8) is 0 Å². The van der Waals surface area contributed by atoms with Crippen molar-refractivity contribution < 1.29 is 13.9 Å². The molecule has 1 aliphatic heterocycles. The number of hydrogen-bond donors (Lipinski definition) is 1. The topological polar surface area (TPSA) is 90.1 Å². The highest BCUT2D eigenvalue weighted by atomic mass is 32.2. The van der Waals surface area contributed by atoms with Crippen LogP contribution in [-0.2, 0) is 4.79 Å².